The fourth-order valence-electron chi connectivity index (χ4n) is 0.666. The van der Waals surface area contributed by atoms with E-state index in [1.165, 1.54) is 4.91 Å². The third-order valence-corrected chi connectivity index (χ3v) is 2.21. The van der Waals surface area contributed by atoms with Gasteiger partial charge in [0, 0.05) is 0 Å². The molecule has 0 spiro atoms. The number of hydrogen-bond donors (Lipinski definition) is 0. The van der Waals surface area contributed by atoms with Gasteiger partial charge in [-0.05, 0) is 30.6 Å². The predicted octanol–water partition coefficient (Wildman–Crippen LogP) is 3.94. The molecule has 0 bridgehead atoms. The minimum atomic E-state index is 1.14. The Morgan fingerprint density at radius 2 is 2.00 bits per heavy atom. The highest BCUT2D eigenvalue weighted by atomic mass is 32.2. The zero-order chi connectivity index (χ0) is 9.40. The lowest BCUT2D eigenvalue weighted by Gasteiger charge is -1.92. The van der Waals surface area contributed by atoms with Gasteiger partial charge in [-0.25, -0.2) is 0 Å². The maximum absolute atomic E-state index is 3.73. The Hall–Kier alpha value is -0.690. The van der Waals surface area contributed by atoms with Gasteiger partial charge in [-0.15, -0.1) is 11.8 Å². The van der Waals surface area contributed by atoms with Crippen molar-refractivity contribution >= 4 is 11.8 Å². The Morgan fingerprint density at radius 1 is 1.33 bits per heavy atom. The summed E-state index contributed by atoms with van der Waals surface area (Å²) in [7, 11) is 0. The quantitative estimate of drug-likeness (QED) is 0.590. The summed E-state index contributed by atoms with van der Waals surface area (Å²) in [5.74, 6) is 0. The van der Waals surface area contributed by atoms with E-state index in [9.17, 15) is 0 Å². The smallest absolute Gasteiger partial charge is 0.0140 e. The van der Waals surface area contributed by atoms with Gasteiger partial charge in [0.1, 0.15) is 0 Å². The Bertz CT molecular complexity index is 219. The van der Waals surface area contributed by atoms with Gasteiger partial charge in [0.25, 0.3) is 0 Å². The maximum Gasteiger partial charge on any atom is -0.0140 e. The van der Waals surface area contributed by atoms with Gasteiger partial charge in [0.05, 0.1) is 0 Å². The van der Waals surface area contributed by atoms with Gasteiger partial charge in [-0.1, -0.05) is 37.0 Å². The SMILES string of the molecule is C=CC(/C=C\C)=C/C=C(\C)SC. The molecular formula is C11H16S. The molecule has 0 rings (SSSR count). The molecule has 0 amide bonds. The molecule has 1 heteroatoms. The summed E-state index contributed by atoms with van der Waals surface area (Å²) in [5.41, 5.74) is 1.14. The summed E-state index contributed by atoms with van der Waals surface area (Å²) in [6.07, 6.45) is 12.1. The second kappa shape index (κ2) is 6.99. The molecule has 0 aliphatic rings. The molecule has 12 heavy (non-hydrogen) atoms. The normalized spacial score (nSPS) is 13.9. The Labute approximate surface area is 79.8 Å². The van der Waals surface area contributed by atoms with E-state index in [1.54, 1.807) is 11.8 Å². The second-order valence-electron chi connectivity index (χ2n) is 2.35. The van der Waals surface area contributed by atoms with Crippen molar-refractivity contribution in [2.75, 3.05) is 6.26 Å². The van der Waals surface area contributed by atoms with Crippen LogP contribution < -0.4 is 0 Å². The average molecular weight is 180 g/mol. The van der Waals surface area contributed by atoms with Crippen LogP contribution in [0.3, 0.4) is 0 Å². The third-order valence-electron chi connectivity index (χ3n) is 1.43. The van der Waals surface area contributed by atoms with Crippen LogP contribution in [-0.4, -0.2) is 6.26 Å². The van der Waals surface area contributed by atoms with Gasteiger partial charge in [0.2, 0.25) is 0 Å². The van der Waals surface area contributed by atoms with Crippen LogP contribution in [0.1, 0.15) is 13.8 Å². The first-order valence-corrected chi connectivity index (χ1v) is 5.14. The van der Waals surface area contributed by atoms with Crippen molar-refractivity contribution in [2.45, 2.75) is 13.8 Å². The van der Waals surface area contributed by atoms with Crippen LogP contribution in [0.4, 0.5) is 0 Å². The number of allylic oxidation sites excluding steroid dienone is 7. The van der Waals surface area contributed by atoms with E-state index in [0.29, 0.717) is 0 Å². The molecular weight excluding hydrogens is 164 g/mol. The van der Waals surface area contributed by atoms with Crippen LogP contribution in [0.25, 0.3) is 0 Å². The lowest BCUT2D eigenvalue weighted by Crippen LogP contribution is -1.69. The maximum atomic E-state index is 3.73. The van der Waals surface area contributed by atoms with E-state index in [4.69, 9.17) is 0 Å². The molecule has 0 aromatic rings. The zero-order valence-electron chi connectivity index (χ0n) is 8.00. The average Bonchev–Trinajstić information content (AvgIpc) is 2.11. The highest BCUT2D eigenvalue weighted by Gasteiger charge is 1.82. The van der Waals surface area contributed by atoms with Gasteiger partial charge < -0.3 is 0 Å². The van der Waals surface area contributed by atoms with Crippen molar-refractivity contribution in [3.8, 4) is 0 Å². The molecule has 0 fully saturated rings. The number of hydrogen-bond acceptors (Lipinski definition) is 1. The van der Waals surface area contributed by atoms with E-state index in [-0.39, 0.29) is 0 Å². The van der Waals surface area contributed by atoms with Crippen LogP contribution in [-0.2, 0) is 0 Å². The molecule has 0 atom stereocenters. The second-order valence-corrected chi connectivity index (χ2v) is 3.40. The summed E-state index contributed by atoms with van der Waals surface area (Å²) in [5, 5.41) is 0. The summed E-state index contributed by atoms with van der Waals surface area (Å²) in [6, 6.07) is 0. The number of thioether (sulfide) groups is 1. The summed E-state index contributed by atoms with van der Waals surface area (Å²) in [6.45, 7) is 7.83. The topological polar surface area (TPSA) is 0 Å². The van der Waals surface area contributed by atoms with Crippen molar-refractivity contribution in [2.24, 2.45) is 0 Å². The first-order chi connectivity index (χ1) is 5.74. The Kier molecular flexibility index (Phi) is 6.58. The first-order valence-electron chi connectivity index (χ1n) is 3.92. The minimum absolute atomic E-state index is 1.14. The van der Waals surface area contributed by atoms with Crippen molar-refractivity contribution < 1.29 is 0 Å². The van der Waals surface area contributed by atoms with Crippen LogP contribution in [0.2, 0.25) is 0 Å². The Balaban J connectivity index is 4.39. The highest BCUT2D eigenvalue weighted by molar-refractivity contribution is 8.02. The van der Waals surface area contributed by atoms with E-state index in [0.717, 1.165) is 5.57 Å². The summed E-state index contributed by atoms with van der Waals surface area (Å²) in [4.78, 5) is 1.30. The van der Waals surface area contributed by atoms with E-state index < -0.39 is 0 Å². The van der Waals surface area contributed by atoms with Crippen LogP contribution in [0.15, 0.2) is 47.4 Å². The van der Waals surface area contributed by atoms with E-state index >= 15 is 0 Å². The molecule has 0 aliphatic heterocycles. The molecule has 0 N–H and O–H groups in total. The first kappa shape index (κ1) is 11.3. The monoisotopic (exact) mass is 180 g/mol. The minimum Gasteiger partial charge on any atom is -0.134 e. The van der Waals surface area contributed by atoms with Gasteiger partial charge in [-0.3, -0.25) is 0 Å². The van der Waals surface area contributed by atoms with Crippen molar-refractivity contribution in [3.05, 3.63) is 47.4 Å². The van der Waals surface area contributed by atoms with Crippen molar-refractivity contribution in [1.82, 2.24) is 0 Å². The molecule has 0 aromatic heterocycles. The largest absolute Gasteiger partial charge is 0.134 e. The van der Waals surface area contributed by atoms with Gasteiger partial charge >= 0.3 is 0 Å². The third kappa shape index (κ3) is 5.03. The lowest BCUT2D eigenvalue weighted by atomic mass is 10.2. The molecule has 0 aliphatic carbocycles. The summed E-state index contributed by atoms with van der Waals surface area (Å²) >= 11 is 1.75. The Morgan fingerprint density at radius 3 is 2.42 bits per heavy atom. The summed E-state index contributed by atoms with van der Waals surface area (Å²) < 4.78 is 0. The fourth-order valence-corrected chi connectivity index (χ4v) is 0.870. The molecule has 0 nitrogen and oxygen atoms in total. The van der Waals surface area contributed by atoms with Crippen molar-refractivity contribution in [3.63, 3.8) is 0 Å². The van der Waals surface area contributed by atoms with E-state index in [2.05, 4.69) is 31.9 Å². The van der Waals surface area contributed by atoms with Gasteiger partial charge in [-0.2, -0.15) is 0 Å². The van der Waals surface area contributed by atoms with Crippen molar-refractivity contribution in [1.29, 1.82) is 0 Å². The van der Waals surface area contributed by atoms with Crippen LogP contribution in [0, 0.1) is 0 Å². The molecule has 0 radical (unpaired) electrons. The lowest BCUT2D eigenvalue weighted by molar-refractivity contribution is 1.61. The molecule has 0 saturated carbocycles. The van der Waals surface area contributed by atoms with Crippen LogP contribution in [0.5, 0.6) is 0 Å². The zero-order valence-corrected chi connectivity index (χ0v) is 8.82. The standard InChI is InChI=1S/C11H16S/c1-5-7-11(6-2)9-8-10(3)12-4/h5-9H,2H2,1,3-4H3/b7-5-,10-8+,11-9-. The van der Waals surface area contributed by atoms with Crippen LogP contribution >= 0.6 is 11.8 Å². The highest BCUT2D eigenvalue weighted by Crippen LogP contribution is 2.10. The molecule has 0 heterocycles. The molecule has 66 valence electrons. The van der Waals surface area contributed by atoms with Gasteiger partial charge in [0.15, 0.2) is 0 Å². The fraction of sp³-hybridized carbons (Fsp3) is 0.273. The number of rotatable bonds is 4. The molecule has 0 saturated heterocycles. The molecule has 0 unspecified atom stereocenters. The molecule has 0 aromatic carbocycles. The predicted molar refractivity (Wildman–Crippen MR) is 60.4 cm³/mol. The van der Waals surface area contributed by atoms with E-state index in [1.807, 2.05) is 25.2 Å².